The predicted octanol–water partition coefficient (Wildman–Crippen LogP) is 4.80. The van der Waals surface area contributed by atoms with Crippen LogP contribution in [0.3, 0.4) is 0 Å². The highest BCUT2D eigenvalue weighted by Crippen LogP contribution is 2.05. The van der Waals surface area contributed by atoms with E-state index in [1.54, 1.807) is 6.08 Å². The minimum absolute atomic E-state index is 0.239. The van der Waals surface area contributed by atoms with Gasteiger partial charge in [-0.3, -0.25) is 0 Å². The highest BCUT2D eigenvalue weighted by Gasteiger charge is 1.93. The zero-order valence-corrected chi connectivity index (χ0v) is 12.0. The molecule has 0 saturated heterocycles. The number of hydrogen-bond donors (Lipinski definition) is 0. The summed E-state index contributed by atoms with van der Waals surface area (Å²) >= 11 is 0. The van der Waals surface area contributed by atoms with Gasteiger partial charge in [0.05, 0.1) is 6.61 Å². The summed E-state index contributed by atoms with van der Waals surface area (Å²) in [7, 11) is 0. The fourth-order valence-corrected chi connectivity index (χ4v) is 1.66. The molecule has 104 valence electrons. The minimum atomic E-state index is -0.239. The lowest BCUT2D eigenvalue weighted by molar-refractivity contribution is -0.137. The van der Waals surface area contributed by atoms with E-state index in [2.05, 4.69) is 19.1 Å². The molecule has 0 aromatic heterocycles. The van der Waals surface area contributed by atoms with Crippen molar-refractivity contribution in [2.24, 2.45) is 0 Å². The van der Waals surface area contributed by atoms with E-state index in [9.17, 15) is 4.79 Å². The first kappa shape index (κ1) is 16.9. The molecule has 0 fully saturated rings. The highest BCUT2D eigenvalue weighted by molar-refractivity contribution is 5.81. The molecule has 0 heterocycles. The topological polar surface area (TPSA) is 26.3 Å². The van der Waals surface area contributed by atoms with Crippen LogP contribution in [0.5, 0.6) is 0 Å². The average Bonchev–Trinajstić information content (AvgIpc) is 2.36. The largest absolute Gasteiger partial charge is 0.463 e. The van der Waals surface area contributed by atoms with Crippen LogP contribution in [-0.2, 0) is 9.53 Å². The Labute approximate surface area is 112 Å². The summed E-state index contributed by atoms with van der Waals surface area (Å²) in [6.45, 7) is 4.57. The summed E-state index contributed by atoms with van der Waals surface area (Å²) < 4.78 is 4.99. The molecule has 0 saturated carbocycles. The van der Waals surface area contributed by atoms with Crippen molar-refractivity contribution in [1.29, 1.82) is 0 Å². The monoisotopic (exact) mass is 252 g/mol. The first-order valence-corrected chi connectivity index (χ1v) is 7.25. The molecule has 0 aliphatic rings. The molecule has 2 heteroatoms. The maximum Gasteiger partial charge on any atom is 0.330 e. The molecule has 0 atom stereocenters. The Balaban J connectivity index is 3.20. The first-order chi connectivity index (χ1) is 8.81. The van der Waals surface area contributed by atoms with Crippen LogP contribution in [0.2, 0.25) is 0 Å². The molecule has 0 rings (SSSR count). The van der Waals surface area contributed by atoms with Gasteiger partial charge in [-0.05, 0) is 32.6 Å². The zero-order chi connectivity index (χ0) is 13.5. The molecule has 0 radical (unpaired) electrons. The summed E-state index contributed by atoms with van der Waals surface area (Å²) in [5, 5.41) is 0. The number of allylic oxidation sites excluding steroid dienone is 3. The lowest BCUT2D eigenvalue weighted by atomic mass is 10.1. The summed E-state index contributed by atoms with van der Waals surface area (Å²) in [5.41, 5.74) is 0. The van der Waals surface area contributed by atoms with Crippen molar-refractivity contribution in [1.82, 2.24) is 0 Å². The number of esters is 1. The second-order valence-electron chi connectivity index (χ2n) is 4.48. The third-order valence-corrected chi connectivity index (χ3v) is 2.70. The van der Waals surface area contributed by atoms with E-state index in [0.29, 0.717) is 6.61 Å². The van der Waals surface area contributed by atoms with Gasteiger partial charge in [-0.25, -0.2) is 4.79 Å². The van der Waals surface area contributed by atoms with Gasteiger partial charge in [0.25, 0.3) is 0 Å². The van der Waals surface area contributed by atoms with Crippen LogP contribution in [0.15, 0.2) is 24.3 Å². The molecule has 0 aromatic rings. The standard InChI is InChI=1S/C16H28O2/c1-3-5-6-7-8-9-10-11-12-13-15-18-16(17)14-4-2/h4,10-11,14H,3,5-9,12-13,15H2,1-2H3/b11-10-,14-4+. The van der Waals surface area contributed by atoms with Crippen LogP contribution in [0.4, 0.5) is 0 Å². The lowest BCUT2D eigenvalue weighted by Gasteiger charge is -1.99. The molecule has 0 aliphatic heterocycles. The van der Waals surface area contributed by atoms with Gasteiger partial charge in [-0.15, -0.1) is 0 Å². The molecular formula is C16H28O2. The zero-order valence-electron chi connectivity index (χ0n) is 12.0. The smallest absolute Gasteiger partial charge is 0.330 e. The number of carbonyl (C=O) groups excluding carboxylic acids is 1. The summed E-state index contributed by atoms with van der Waals surface area (Å²) in [5.74, 6) is -0.239. The van der Waals surface area contributed by atoms with Gasteiger partial charge in [-0.1, -0.05) is 50.8 Å². The Morgan fingerprint density at radius 1 is 1.00 bits per heavy atom. The molecule has 0 aliphatic carbocycles. The molecule has 0 unspecified atom stereocenters. The lowest BCUT2D eigenvalue weighted by Crippen LogP contribution is -2.01. The number of ether oxygens (including phenoxy) is 1. The first-order valence-electron chi connectivity index (χ1n) is 7.25. The van der Waals surface area contributed by atoms with E-state index in [1.165, 1.54) is 44.6 Å². The Bertz CT molecular complexity index is 241. The van der Waals surface area contributed by atoms with Crippen LogP contribution < -0.4 is 0 Å². The van der Waals surface area contributed by atoms with E-state index in [4.69, 9.17) is 4.74 Å². The summed E-state index contributed by atoms with van der Waals surface area (Å²) in [4.78, 5) is 11.0. The second-order valence-corrected chi connectivity index (χ2v) is 4.48. The van der Waals surface area contributed by atoms with Crippen LogP contribution in [0, 0.1) is 0 Å². The molecule has 0 N–H and O–H groups in total. The van der Waals surface area contributed by atoms with Gasteiger partial charge in [0.1, 0.15) is 0 Å². The van der Waals surface area contributed by atoms with Crippen molar-refractivity contribution < 1.29 is 9.53 Å². The normalized spacial score (nSPS) is 11.4. The van der Waals surface area contributed by atoms with Crippen LogP contribution in [-0.4, -0.2) is 12.6 Å². The van der Waals surface area contributed by atoms with Gasteiger partial charge in [0, 0.05) is 6.08 Å². The number of unbranched alkanes of at least 4 members (excludes halogenated alkanes) is 6. The third kappa shape index (κ3) is 13.0. The van der Waals surface area contributed by atoms with E-state index in [0.717, 1.165) is 12.8 Å². The Kier molecular flexibility index (Phi) is 13.2. The van der Waals surface area contributed by atoms with Gasteiger partial charge >= 0.3 is 5.97 Å². The molecule has 0 aromatic carbocycles. The van der Waals surface area contributed by atoms with E-state index in [-0.39, 0.29) is 5.97 Å². The fraction of sp³-hybridized carbons (Fsp3) is 0.688. The van der Waals surface area contributed by atoms with Gasteiger partial charge in [0.2, 0.25) is 0 Å². The third-order valence-electron chi connectivity index (χ3n) is 2.70. The molecule has 18 heavy (non-hydrogen) atoms. The van der Waals surface area contributed by atoms with Crippen molar-refractivity contribution in [2.75, 3.05) is 6.61 Å². The Hall–Kier alpha value is -1.05. The van der Waals surface area contributed by atoms with Crippen molar-refractivity contribution in [3.05, 3.63) is 24.3 Å². The number of carbonyl (C=O) groups is 1. The summed E-state index contributed by atoms with van der Waals surface area (Å²) in [6.07, 6.45) is 17.4. The molecular weight excluding hydrogens is 224 g/mol. The predicted molar refractivity (Wildman–Crippen MR) is 77.5 cm³/mol. The van der Waals surface area contributed by atoms with E-state index in [1.807, 2.05) is 6.92 Å². The fourth-order valence-electron chi connectivity index (χ4n) is 1.66. The molecule has 0 amide bonds. The maximum atomic E-state index is 11.0. The minimum Gasteiger partial charge on any atom is -0.463 e. The Morgan fingerprint density at radius 2 is 1.67 bits per heavy atom. The van der Waals surface area contributed by atoms with Crippen molar-refractivity contribution in [3.63, 3.8) is 0 Å². The maximum absolute atomic E-state index is 11.0. The van der Waals surface area contributed by atoms with Gasteiger partial charge in [-0.2, -0.15) is 0 Å². The molecule has 0 spiro atoms. The summed E-state index contributed by atoms with van der Waals surface area (Å²) in [6, 6.07) is 0. The molecule has 2 nitrogen and oxygen atoms in total. The van der Waals surface area contributed by atoms with E-state index >= 15 is 0 Å². The quantitative estimate of drug-likeness (QED) is 0.228. The number of rotatable bonds is 11. The van der Waals surface area contributed by atoms with Crippen molar-refractivity contribution in [2.45, 2.75) is 65.2 Å². The van der Waals surface area contributed by atoms with Crippen molar-refractivity contribution in [3.8, 4) is 0 Å². The SMILES string of the molecule is C/C=C/C(=O)OCCC/C=C\CCCCCCC. The Morgan fingerprint density at radius 3 is 2.33 bits per heavy atom. The second kappa shape index (κ2) is 14.0. The average molecular weight is 252 g/mol. The van der Waals surface area contributed by atoms with Crippen LogP contribution in [0.25, 0.3) is 0 Å². The van der Waals surface area contributed by atoms with Gasteiger partial charge in [0.15, 0.2) is 0 Å². The van der Waals surface area contributed by atoms with Crippen molar-refractivity contribution >= 4 is 5.97 Å². The van der Waals surface area contributed by atoms with Gasteiger partial charge < -0.3 is 4.74 Å². The number of hydrogen-bond acceptors (Lipinski definition) is 2. The highest BCUT2D eigenvalue weighted by atomic mass is 16.5. The van der Waals surface area contributed by atoms with Crippen LogP contribution >= 0.6 is 0 Å². The molecule has 0 bridgehead atoms. The van der Waals surface area contributed by atoms with E-state index < -0.39 is 0 Å². The van der Waals surface area contributed by atoms with Crippen LogP contribution in [0.1, 0.15) is 65.2 Å².